The Bertz CT molecular complexity index is 474. The number of hydrogen-bond donors (Lipinski definition) is 2. The summed E-state index contributed by atoms with van der Waals surface area (Å²) < 4.78 is 2.05. The van der Waals surface area contributed by atoms with E-state index in [1.165, 1.54) is 37.0 Å². The number of hydrogen-bond acceptors (Lipinski definition) is 4. The van der Waals surface area contributed by atoms with Crippen LogP contribution in [0.1, 0.15) is 56.8 Å². The van der Waals surface area contributed by atoms with Gasteiger partial charge in [-0.15, -0.1) is 5.10 Å². The molecule has 1 saturated heterocycles. The number of nitrogens with zero attached hydrogens (tertiary/aromatic N) is 4. The number of primary amides is 1. The Hall–Kier alpha value is -1.50. The number of rotatable bonds is 4. The first-order chi connectivity index (χ1) is 10.2. The second kappa shape index (κ2) is 6.51. The van der Waals surface area contributed by atoms with Gasteiger partial charge in [0.2, 0.25) is 11.7 Å². The molecule has 0 radical (unpaired) electrons. The Morgan fingerprint density at radius 1 is 1.19 bits per heavy atom. The van der Waals surface area contributed by atoms with Gasteiger partial charge in [-0.3, -0.25) is 4.79 Å². The van der Waals surface area contributed by atoms with Gasteiger partial charge >= 0.3 is 0 Å². The van der Waals surface area contributed by atoms with E-state index in [1.54, 1.807) is 0 Å². The largest absolute Gasteiger partial charge is 0.369 e. The van der Waals surface area contributed by atoms with Gasteiger partial charge in [-0.05, 0) is 23.3 Å². The molecular weight excluding hydrogens is 268 g/mol. The van der Waals surface area contributed by atoms with Crippen LogP contribution >= 0.6 is 0 Å². The average molecular weight is 293 g/mol. The van der Waals surface area contributed by atoms with E-state index < -0.39 is 0 Å². The molecule has 1 aliphatic carbocycles. The molecule has 0 aromatic carbocycles. The van der Waals surface area contributed by atoms with E-state index in [1.807, 2.05) is 4.68 Å². The van der Waals surface area contributed by atoms with Gasteiger partial charge in [-0.2, -0.15) is 0 Å². The molecule has 0 bridgehead atoms. The third kappa shape index (κ3) is 3.40. The van der Waals surface area contributed by atoms with Crippen LogP contribution < -0.4 is 10.6 Å². The summed E-state index contributed by atoms with van der Waals surface area (Å²) in [5.41, 5.74) is 5.39. The summed E-state index contributed by atoms with van der Waals surface area (Å²) >= 11 is 0. The number of carbonyl (C=O) groups excluding carboxylic acids is 1. The predicted molar refractivity (Wildman–Crippen MR) is 76.3 cm³/mol. The third-order valence-corrected chi connectivity index (χ3v) is 4.98. The van der Waals surface area contributed by atoms with E-state index in [0.29, 0.717) is 6.04 Å². The maximum atomic E-state index is 11.2. The maximum Gasteiger partial charge on any atom is 0.220 e. The van der Waals surface area contributed by atoms with E-state index in [-0.39, 0.29) is 11.8 Å². The molecule has 2 heterocycles. The molecule has 0 unspecified atom stereocenters. The quantitative estimate of drug-likeness (QED) is 0.780. The number of carbonyl (C=O) groups is 1. The van der Waals surface area contributed by atoms with Crippen molar-refractivity contribution in [3.63, 3.8) is 0 Å². The number of aromatic nitrogens is 4. The highest BCUT2D eigenvalue weighted by Gasteiger charge is 2.28. The van der Waals surface area contributed by atoms with Gasteiger partial charge in [0.1, 0.15) is 6.54 Å². The molecule has 3 rings (SSSR count). The molecule has 0 spiro atoms. The summed E-state index contributed by atoms with van der Waals surface area (Å²) in [5.74, 6) is 0.901. The Kier molecular flexibility index (Phi) is 4.48. The Balaban J connectivity index is 1.58. The zero-order valence-corrected chi connectivity index (χ0v) is 12.5. The van der Waals surface area contributed by atoms with Gasteiger partial charge in [0.25, 0.3) is 0 Å². The van der Waals surface area contributed by atoms with Crippen molar-refractivity contribution in [3.05, 3.63) is 5.82 Å². The van der Waals surface area contributed by atoms with Gasteiger partial charge in [0, 0.05) is 18.8 Å². The highest BCUT2D eigenvalue weighted by atomic mass is 16.1. The minimum Gasteiger partial charge on any atom is -0.369 e. The monoisotopic (exact) mass is 293 g/mol. The second-order valence-electron chi connectivity index (χ2n) is 6.43. The standard InChI is InChI=1S/C14H24N6O/c15-14(21)11-6-8-19(9-7-11)10-13-16-17-18-20(13)12-4-2-1-3-5-12/h11-12H,1-10H2,(H2,15,21)/p+1. The molecular formula is C14H25N6O+. The highest BCUT2D eigenvalue weighted by Crippen LogP contribution is 2.27. The first-order valence-corrected chi connectivity index (χ1v) is 8.13. The molecule has 116 valence electrons. The topological polar surface area (TPSA) is 91.1 Å². The molecule has 1 aromatic heterocycles. The van der Waals surface area contributed by atoms with Crippen molar-refractivity contribution in [1.82, 2.24) is 20.2 Å². The minimum absolute atomic E-state index is 0.0584. The molecule has 1 aromatic rings. The smallest absolute Gasteiger partial charge is 0.220 e. The zero-order chi connectivity index (χ0) is 14.7. The van der Waals surface area contributed by atoms with E-state index in [4.69, 9.17) is 5.73 Å². The minimum atomic E-state index is -0.152. The predicted octanol–water partition coefficient (Wildman–Crippen LogP) is -0.541. The van der Waals surface area contributed by atoms with Gasteiger partial charge < -0.3 is 10.6 Å². The molecule has 0 atom stereocenters. The molecule has 1 aliphatic heterocycles. The van der Waals surface area contributed by atoms with Crippen LogP contribution in [-0.4, -0.2) is 39.2 Å². The van der Waals surface area contributed by atoms with Crippen molar-refractivity contribution >= 4 is 5.91 Å². The lowest BCUT2D eigenvalue weighted by molar-refractivity contribution is -0.920. The van der Waals surface area contributed by atoms with Gasteiger partial charge in [-0.1, -0.05) is 19.3 Å². The second-order valence-corrected chi connectivity index (χ2v) is 6.43. The van der Waals surface area contributed by atoms with E-state index >= 15 is 0 Å². The van der Waals surface area contributed by atoms with Gasteiger partial charge in [-0.25, -0.2) is 4.68 Å². The fourth-order valence-corrected chi connectivity index (χ4v) is 3.65. The van der Waals surface area contributed by atoms with Crippen LogP contribution in [0.5, 0.6) is 0 Å². The third-order valence-electron chi connectivity index (χ3n) is 4.98. The first kappa shape index (κ1) is 14.4. The summed E-state index contributed by atoms with van der Waals surface area (Å²) in [6.07, 6.45) is 8.04. The summed E-state index contributed by atoms with van der Waals surface area (Å²) in [5, 5.41) is 12.3. The van der Waals surface area contributed by atoms with Crippen LogP contribution in [0, 0.1) is 5.92 Å². The lowest BCUT2D eigenvalue weighted by Gasteiger charge is -2.28. The molecule has 3 N–H and O–H groups in total. The number of amides is 1. The lowest BCUT2D eigenvalue weighted by atomic mass is 9.95. The molecule has 1 saturated carbocycles. The normalized spacial score (nSPS) is 27.6. The lowest BCUT2D eigenvalue weighted by Crippen LogP contribution is -3.12. The zero-order valence-electron chi connectivity index (χ0n) is 12.5. The number of likely N-dealkylation sites (tertiary alicyclic amines) is 1. The van der Waals surface area contributed by atoms with Crippen molar-refractivity contribution < 1.29 is 9.69 Å². The molecule has 2 aliphatic rings. The van der Waals surface area contributed by atoms with Crippen molar-refractivity contribution in [2.45, 2.75) is 57.5 Å². The highest BCUT2D eigenvalue weighted by molar-refractivity contribution is 5.76. The first-order valence-electron chi connectivity index (χ1n) is 8.13. The Labute approximate surface area is 124 Å². The van der Waals surface area contributed by atoms with Crippen LogP contribution in [-0.2, 0) is 11.3 Å². The van der Waals surface area contributed by atoms with Crippen molar-refractivity contribution in [2.24, 2.45) is 11.7 Å². The fourth-order valence-electron chi connectivity index (χ4n) is 3.65. The molecule has 21 heavy (non-hydrogen) atoms. The van der Waals surface area contributed by atoms with Crippen LogP contribution in [0.3, 0.4) is 0 Å². The Morgan fingerprint density at radius 2 is 1.90 bits per heavy atom. The number of quaternary nitrogens is 1. The number of nitrogens with two attached hydrogens (primary N) is 1. The maximum absolute atomic E-state index is 11.2. The van der Waals surface area contributed by atoms with Crippen LogP contribution in [0.4, 0.5) is 0 Å². The Morgan fingerprint density at radius 3 is 2.57 bits per heavy atom. The molecule has 1 amide bonds. The summed E-state index contributed by atoms with van der Waals surface area (Å²) in [4.78, 5) is 12.7. The van der Waals surface area contributed by atoms with E-state index in [0.717, 1.165) is 38.3 Å². The van der Waals surface area contributed by atoms with Gasteiger partial charge in [0.15, 0.2) is 0 Å². The van der Waals surface area contributed by atoms with E-state index in [9.17, 15) is 4.79 Å². The van der Waals surface area contributed by atoms with Crippen molar-refractivity contribution in [2.75, 3.05) is 13.1 Å². The summed E-state index contributed by atoms with van der Waals surface area (Å²) in [6, 6.07) is 0.478. The van der Waals surface area contributed by atoms with Crippen LogP contribution in [0.2, 0.25) is 0 Å². The molecule has 7 nitrogen and oxygen atoms in total. The average Bonchev–Trinajstić information content (AvgIpc) is 2.97. The fraction of sp³-hybridized carbons (Fsp3) is 0.857. The summed E-state index contributed by atoms with van der Waals surface area (Å²) in [7, 11) is 0. The van der Waals surface area contributed by atoms with Crippen molar-refractivity contribution in [1.29, 1.82) is 0 Å². The van der Waals surface area contributed by atoms with Crippen LogP contribution in [0.25, 0.3) is 0 Å². The van der Waals surface area contributed by atoms with E-state index in [2.05, 4.69) is 15.5 Å². The molecule has 7 heteroatoms. The molecule has 2 fully saturated rings. The number of piperidine rings is 1. The van der Waals surface area contributed by atoms with Crippen LogP contribution in [0.15, 0.2) is 0 Å². The number of nitrogens with one attached hydrogen (secondary N) is 1. The van der Waals surface area contributed by atoms with Gasteiger partial charge in [0.05, 0.1) is 19.1 Å². The van der Waals surface area contributed by atoms with Crippen molar-refractivity contribution in [3.8, 4) is 0 Å². The summed E-state index contributed by atoms with van der Waals surface area (Å²) in [6.45, 7) is 2.81. The SMILES string of the molecule is NC(=O)C1CC[NH+](Cc2nnnn2C2CCCCC2)CC1. The number of tetrazole rings is 1.